The van der Waals surface area contributed by atoms with Crippen LogP contribution in [0.5, 0.6) is 0 Å². The van der Waals surface area contributed by atoms with Crippen LogP contribution in [0.15, 0.2) is 158 Å². The van der Waals surface area contributed by atoms with Crippen LogP contribution in [0.25, 0.3) is 44.2 Å². The first-order valence-electron chi connectivity index (χ1n) is 14.6. The molecule has 0 radical (unpaired) electrons. The standard InChI is InChI=1S/C41H27N/c1-2-11-27(12-3-1)28-15-10-16-31(23-28)42-32-21-22-35-33-17-6-8-19-37(33)41(40(35)26-32)38-20-9-7-18-34(38)36-24-29-13-4-5-14-30(29)25-39(36)41/h1-26,42H. The van der Waals surface area contributed by atoms with Gasteiger partial charge in [0.2, 0.25) is 0 Å². The second-order valence-electron chi connectivity index (χ2n) is 11.4. The molecule has 2 aliphatic carbocycles. The van der Waals surface area contributed by atoms with Crippen LogP contribution in [-0.4, -0.2) is 0 Å². The van der Waals surface area contributed by atoms with E-state index in [0.29, 0.717) is 0 Å². The van der Waals surface area contributed by atoms with Crippen LogP contribution in [0.2, 0.25) is 0 Å². The summed E-state index contributed by atoms with van der Waals surface area (Å²) in [4.78, 5) is 0. The molecule has 2 aliphatic rings. The Labute approximate surface area is 245 Å². The van der Waals surface area contributed by atoms with Crippen molar-refractivity contribution in [3.05, 3.63) is 180 Å². The van der Waals surface area contributed by atoms with E-state index in [4.69, 9.17) is 0 Å². The first kappa shape index (κ1) is 23.3. The average Bonchev–Trinajstić information content (AvgIpc) is 3.51. The van der Waals surface area contributed by atoms with E-state index in [1.54, 1.807) is 0 Å². The van der Waals surface area contributed by atoms with Crippen molar-refractivity contribution in [3.63, 3.8) is 0 Å². The van der Waals surface area contributed by atoms with Gasteiger partial charge in [0.25, 0.3) is 0 Å². The number of fused-ring (bicyclic) bond motifs is 11. The fourth-order valence-corrected chi connectivity index (χ4v) is 7.47. The van der Waals surface area contributed by atoms with Crippen molar-refractivity contribution in [3.8, 4) is 33.4 Å². The predicted molar refractivity (Wildman–Crippen MR) is 175 cm³/mol. The molecule has 1 atom stereocenters. The summed E-state index contributed by atoms with van der Waals surface area (Å²) in [5, 5.41) is 6.31. The van der Waals surface area contributed by atoms with Crippen LogP contribution in [-0.2, 0) is 5.41 Å². The van der Waals surface area contributed by atoms with E-state index in [-0.39, 0.29) is 5.41 Å². The number of hydrogen-bond acceptors (Lipinski definition) is 1. The fourth-order valence-electron chi connectivity index (χ4n) is 7.47. The Hall–Kier alpha value is -5.40. The monoisotopic (exact) mass is 533 g/mol. The molecule has 0 aromatic heterocycles. The Kier molecular flexibility index (Phi) is 4.88. The molecule has 0 aliphatic heterocycles. The maximum absolute atomic E-state index is 3.75. The molecule has 1 spiro atoms. The Balaban J connectivity index is 1.27. The average molecular weight is 534 g/mol. The highest BCUT2D eigenvalue weighted by molar-refractivity contribution is 6.00. The number of nitrogens with one attached hydrogen (secondary N) is 1. The number of anilines is 2. The van der Waals surface area contributed by atoms with Crippen LogP contribution in [0.4, 0.5) is 11.4 Å². The summed E-state index contributed by atoms with van der Waals surface area (Å²) >= 11 is 0. The molecule has 42 heavy (non-hydrogen) atoms. The molecule has 0 saturated heterocycles. The number of rotatable bonds is 3. The number of benzene rings is 7. The van der Waals surface area contributed by atoms with E-state index >= 15 is 0 Å². The molecule has 1 N–H and O–H groups in total. The lowest BCUT2D eigenvalue weighted by Crippen LogP contribution is -2.26. The first-order valence-corrected chi connectivity index (χ1v) is 14.6. The highest BCUT2D eigenvalue weighted by atomic mass is 14.9. The second-order valence-corrected chi connectivity index (χ2v) is 11.4. The Morgan fingerprint density at radius 1 is 0.333 bits per heavy atom. The Morgan fingerprint density at radius 3 is 1.69 bits per heavy atom. The second kappa shape index (κ2) is 8.80. The van der Waals surface area contributed by atoms with Gasteiger partial charge in [0.1, 0.15) is 0 Å². The normalized spacial score (nSPS) is 15.7. The largest absolute Gasteiger partial charge is 0.355 e. The molecule has 1 nitrogen and oxygen atoms in total. The van der Waals surface area contributed by atoms with Gasteiger partial charge in [-0.2, -0.15) is 0 Å². The minimum atomic E-state index is -0.370. The summed E-state index contributed by atoms with van der Waals surface area (Å²) in [6, 6.07) is 57.8. The van der Waals surface area contributed by atoms with Crippen LogP contribution < -0.4 is 5.32 Å². The zero-order chi connectivity index (χ0) is 27.7. The van der Waals surface area contributed by atoms with Crippen LogP contribution in [0.3, 0.4) is 0 Å². The predicted octanol–water partition coefficient (Wildman–Crippen LogP) is 10.6. The third-order valence-corrected chi connectivity index (χ3v) is 9.21. The SMILES string of the molecule is c1ccc(-c2cccc(Nc3ccc4c(c3)C3(c5ccccc5-4)c4ccccc4-c4cc5ccccc5cc43)c2)cc1. The van der Waals surface area contributed by atoms with Gasteiger partial charge in [-0.05, 0) is 103 Å². The zero-order valence-corrected chi connectivity index (χ0v) is 23.0. The summed E-state index contributed by atoms with van der Waals surface area (Å²) in [6.07, 6.45) is 0. The van der Waals surface area contributed by atoms with Crippen molar-refractivity contribution in [1.29, 1.82) is 0 Å². The molecule has 0 amide bonds. The van der Waals surface area contributed by atoms with Gasteiger partial charge in [-0.1, -0.05) is 121 Å². The van der Waals surface area contributed by atoms with Gasteiger partial charge in [0.15, 0.2) is 0 Å². The fraction of sp³-hybridized carbons (Fsp3) is 0.0244. The van der Waals surface area contributed by atoms with Crippen molar-refractivity contribution in [2.24, 2.45) is 0 Å². The van der Waals surface area contributed by atoms with Crippen molar-refractivity contribution < 1.29 is 0 Å². The van der Waals surface area contributed by atoms with Gasteiger partial charge in [0, 0.05) is 11.4 Å². The highest BCUT2D eigenvalue weighted by Gasteiger charge is 2.51. The third-order valence-electron chi connectivity index (χ3n) is 9.21. The first-order chi connectivity index (χ1) is 20.8. The van der Waals surface area contributed by atoms with Crippen molar-refractivity contribution in [1.82, 2.24) is 0 Å². The summed E-state index contributed by atoms with van der Waals surface area (Å²) in [6.45, 7) is 0. The smallest absolute Gasteiger partial charge is 0.0726 e. The van der Waals surface area contributed by atoms with E-state index < -0.39 is 0 Å². The molecule has 1 heteroatoms. The molecule has 9 rings (SSSR count). The summed E-state index contributed by atoms with van der Waals surface area (Å²) in [5.41, 5.74) is 15.0. The lowest BCUT2D eigenvalue weighted by molar-refractivity contribution is 0.795. The van der Waals surface area contributed by atoms with Gasteiger partial charge >= 0.3 is 0 Å². The minimum Gasteiger partial charge on any atom is -0.355 e. The molecule has 7 aromatic rings. The summed E-state index contributed by atoms with van der Waals surface area (Å²) in [5.74, 6) is 0. The molecule has 1 unspecified atom stereocenters. The number of hydrogen-bond donors (Lipinski definition) is 1. The Morgan fingerprint density at radius 2 is 0.905 bits per heavy atom. The summed E-state index contributed by atoms with van der Waals surface area (Å²) in [7, 11) is 0. The van der Waals surface area contributed by atoms with Gasteiger partial charge in [-0.15, -0.1) is 0 Å². The maximum atomic E-state index is 3.75. The van der Waals surface area contributed by atoms with Gasteiger partial charge in [-0.3, -0.25) is 0 Å². The van der Waals surface area contributed by atoms with Gasteiger partial charge in [-0.25, -0.2) is 0 Å². The molecule has 0 heterocycles. The quantitative estimate of drug-likeness (QED) is 0.238. The van der Waals surface area contributed by atoms with E-state index in [2.05, 4.69) is 163 Å². The van der Waals surface area contributed by atoms with Gasteiger partial charge < -0.3 is 5.32 Å². The maximum Gasteiger partial charge on any atom is 0.0726 e. The summed E-state index contributed by atoms with van der Waals surface area (Å²) < 4.78 is 0. The van der Waals surface area contributed by atoms with Crippen molar-refractivity contribution in [2.45, 2.75) is 5.41 Å². The Bertz CT molecular complexity index is 2170. The molecule has 196 valence electrons. The van der Waals surface area contributed by atoms with E-state index in [0.717, 1.165) is 11.4 Å². The topological polar surface area (TPSA) is 12.0 Å². The van der Waals surface area contributed by atoms with Crippen molar-refractivity contribution >= 4 is 22.1 Å². The van der Waals surface area contributed by atoms with Crippen LogP contribution >= 0.6 is 0 Å². The van der Waals surface area contributed by atoms with E-state index in [1.165, 1.54) is 66.4 Å². The van der Waals surface area contributed by atoms with Crippen LogP contribution in [0.1, 0.15) is 22.3 Å². The van der Waals surface area contributed by atoms with Crippen LogP contribution in [0, 0.1) is 0 Å². The lowest BCUT2D eigenvalue weighted by atomic mass is 9.70. The lowest BCUT2D eigenvalue weighted by Gasteiger charge is -2.31. The molecule has 7 aromatic carbocycles. The molecule has 0 saturated carbocycles. The zero-order valence-electron chi connectivity index (χ0n) is 23.0. The van der Waals surface area contributed by atoms with E-state index in [9.17, 15) is 0 Å². The van der Waals surface area contributed by atoms with Crippen molar-refractivity contribution in [2.75, 3.05) is 5.32 Å². The molecule has 0 fully saturated rings. The molecule has 0 bridgehead atoms. The third kappa shape index (κ3) is 3.19. The highest BCUT2D eigenvalue weighted by Crippen LogP contribution is 2.63. The van der Waals surface area contributed by atoms with Gasteiger partial charge in [0.05, 0.1) is 5.41 Å². The molecular formula is C41H27N. The minimum absolute atomic E-state index is 0.370. The van der Waals surface area contributed by atoms with E-state index in [1.807, 2.05) is 0 Å². The molecular weight excluding hydrogens is 506 g/mol.